The summed E-state index contributed by atoms with van der Waals surface area (Å²) in [6, 6.07) is 7.49. The average Bonchev–Trinajstić information content (AvgIpc) is 2.92. The lowest BCUT2D eigenvalue weighted by molar-refractivity contribution is -0.144. The summed E-state index contributed by atoms with van der Waals surface area (Å²) in [6.07, 6.45) is 4.11. The summed E-state index contributed by atoms with van der Waals surface area (Å²) in [4.78, 5) is 17.6. The first-order chi connectivity index (χ1) is 10.6. The molecule has 0 bridgehead atoms. The minimum atomic E-state index is -1.48. The molecule has 1 unspecified atom stereocenters. The molecule has 1 aromatic carbocycles. The predicted octanol–water partition coefficient (Wildman–Crippen LogP) is 3.39. The van der Waals surface area contributed by atoms with Gasteiger partial charge in [-0.3, -0.25) is 0 Å². The van der Waals surface area contributed by atoms with Crippen LogP contribution in [0.4, 0.5) is 0 Å². The molecular formula is C15H21N3O3S. The van der Waals surface area contributed by atoms with E-state index < -0.39 is 10.8 Å². The van der Waals surface area contributed by atoms with E-state index in [1.165, 1.54) is 0 Å². The molecule has 6 nitrogen and oxygen atoms in total. The van der Waals surface area contributed by atoms with Crippen molar-refractivity contribution < 1.29 is 15.1 Å². The van der Waals surface area contributed by atoms with Crippen LogP contribution in [0, 0.1) is 0 Å². The Balaban J connectivity index is 2.16. The molecule has 0 aliphatic rings. The number of unbranched alkanes of at least 4 members (excludes halogenated alkanes) is 3. The second kappa shape index (κ2) is 7.62. The monoisotopic (exact) mass is 323 g/mol. The molecule has 0 radical (unpaired) electrons. The van der Waals surface area contributed by atoms with Crippen molar-refractivity contribution in [1.82, 2.24) is 15.4 Å². The molecule has 22 heavy (non-hydrogen) atoms. The average molecular weight is 323 g/mol. The Morgan fingerprint density at radius 3 is 2.77 bits per heavy atom. The van der Waals surface area contributed by atoms with Crippen LogP contribution in [0.2, 0.25) is 0 Å². The molecule has 1 atom stereocenters. The van der Waals surface area contributed by atoms with Gasteiger partial charge >= 0.3 is 5.97 Å². The maximum absolute atomic E-state index is 11.7. The molecule has 1 aromatic heterocycles. The number of para-hydroxylation sites is 2. The zero-order chi connectivity index (χ0) is 16.0. The van der Waals surface area contributed by atoms with Gasteiger partial charge in [0.1, 0.15) is 0 Å². The van der Waals surface area contributed by atoms with Gasteiger partial charge in [0.05, 0.1) is 11.0 Å². The van der Waals surface area contributed by atoms with Crippen LogP contribution in [0.15, 0.2) is 29.4 Å². The fourth-order valence-corrected chi connectivity index (χ4v) is 3.29. The van der Waals surface area contributed by atoms with Crippen LogP contribution in [0.5, 0.6) is 0 Å². The van der Waals surface area contributed by atoms with Crippen LogP contribution in [0.3, 0.4) is 0 Å². The van der Waals surface area contributed by atoms with E-state index in [1.807, 2.05) is 29.7 Å². The maximum Gasteiger partial charge on any atom is 0.337 e. The summed E-state index contributed by atoms with van der Waals surface area (Å²) in [6.45, 7) is 2.10. The number of rotatable bonds is 9. The summed E-state index contributed by atoms with van der Waals surface area (Å²) in [7, 11) is 0. The van der Waals surface area contributed by atoms with E-state index in [-0.39, 0.29) is 0 Å². The SMILES string of the molecule is CCCCCCC(NO)(Sc1nc2ccccc2[nH]1)C(=O)O. The van der Waals surface area contributed by atoms with Gasteiger partial charge in [-0.25, -0.2) is 9.78 Å². The molecule has 1 heterocycles. The fourth-order valence-electron chi connectivity index (χ4n) is 2.27. The van der Waals surface area contributed by atoms with Crippen molar-refractivity contribution in [2.75, 3.05) is 0 Å². The number of hydroxylamine groups is 1. The highest BCUT2D eigenvalue weighted by atomic mass is 32.2. The van der Waals surface area contributed by atoms with Crippen LogP contribution in [-0.4, -0.2) is 31.1 Å². The number of carboxylic acids is 1. The number of nitrogens with zero attached hydrogens (tertiary/aromatic N) is 1. The smallest absolute Gasteiger partial charge is 0.337 e. The van der Waals surface area contributed by atoms with E-state index in [1.54, 1.807) is 0 Å². The summed E-state index contributed by atoms with van der Waals surface area (Å²) in [5.41, 5.74) is 3.60. The van der Waals surface area contributed by atoms with Crippen molar-refractivity contribution in [3.05, 3.63) is 24.3 Å². The lowest BCUT2D eigenvalue weighted by Crippen LogP contribution is -2.47. The topological polar surface area (TPSA) is 98.2 Å². The lowest BCUT2D eigenvalue weighted by Gasteiger charge is -2.25. The Morgan fingerprint density at radius 2 is 2.14 bits per heavy atom. The standard InChI is InChI=1S/C15H21N3O3S/c1-2-3-4-7-10-15(18-21,13(19)20)22-14-16-11-8-5-6-9-12(11)17-14/h5-6,8-9,18,21H,2-4,7,10H2,1H3,(H,16,17)(H,19,20). The number of carbonyl (C=O) groups is 1. The zero-order valence-corrected chi connectivity index (χ0v) is 13.3. The quantitative estimate of drug-likeness (QED) is 0.244. The van der Waals surface area contributed by atoms with E-state index in [4.69, 9.17) is 0 Å². The first-order valence-corrected chi connectivity index (χ1v) is 8.21. The molecule has 0 spiro atoms. The molecule has 0 amide bonds. The number of thioether (sulfide) groups is 1. The molecule has 0 fully saturated rings. The molecule has 4 N–H and O–H groups in total. The molecule has 2 aromatic rings. The van der Waals surface area contributed by atoms with Crippen molar-refractivity contribution in [2.45, 2.75) is 49.1 Å². The maximum atomic E-state index is 11.7. The van der Waals surface area contributed by atoms with Gasteiger partial charge in [-0.15, -0.1) is 0 Å². The molecule has 0 saturated heterocycles. The Hall–Kier alpha value is -1.57. The molecule has 0 saturated carbocycles. The Labute approximate surface area is 133 Å². The summed E-state index contributed by atoms with van der Waals surface area (Å²) >= 11 is 1.00. The van der Waals surface area contributed by atoms with Crippen LogP contribution in [-0.2, 0) is 4.79 Å². The second-order valence-corrected chi connectivity index (χ2v) is 6.50. The number of hydrogen-bond acceptors (Lipinski definition) is 5. The van der Waals surface area contributed by atoms with E-state index in [0.29, 0.717) is 11.6 Å². The molecule has 2 rings (SSSR count). The van der Waals surface area contributed by atoms with E-state index in [9.17, 15) is 15.1 Å². The highest BCUT2D eigenvalue weighted by Crippen LogP contribution is 2.34. The van der Waals surface area contributed by atoms with Crippen molar-refractivity contribution in [3.63, 3.8) is 0 Å². The van der Waals surface area contributed by atoms with Gasteiger partial charge in [-0.2, -0.15) is 5.48 Å². The van der Waals surface area contributed by atoms with Gasteiger partial charge in [0.2, 0.25) is 0 Å². The minimum absolute atomic E-state index is 0.320. The molecule has 120 valence electrons. The zero-order valence-electron chi connectivity index (χ0n) is 12.5. The number of benzene rings is 1. The number of H-pyrrole nitrogens is 1. The number of imidazole rings is 1. The first kappa shape index (κ1) is 16.8. The number of aromatic amines is 1. The van der Waals surface area contributed by atoms with E-state index >= 15 is 0 Å². The molecule has 7 heteroatoms. The third-order valence-corrected chi connectivity index (χ3v) is 4.75. The van der Waals surface area contributed by atoms with Crippen molar-refractivity contribution in [3.8, 4) is 0 Å². The number of aromatic nitrogens is 2. The number of fused-ring (bicyclic) bond motifs is 1. The van der Waals surface area contributed by atoms with E-state index in [0.717, 1.165) is 48.5 Å². The third kappa shape index (κ3) is 3.79. The third-order valence-electron chi connectivity index (χ3n) is 3.55. The van der Waals surface area contributed by atoms with Gasteiger partial charge in [0.25, 0.3) is 0 Å². The largest absolute Gasteiger partial charge is 0.479 e. The predicted molar refractivity (Wildman–Crippen MR) is 86.0 cm³/mol. The number of hydrogen-bond donors (Lipinski definition) is 4. The lowest BCUT2D eigenvalue weighted by atomic mass is 10.1. The number of nitrogens with one attached hydrogen (secondary N) is 2. The first-order valence-electron chi connectivity index (χ1n) is 7.39. The molecular weight excluding hydrogens is 302 g/mol. The summed E-state index contributed by atoms with van der Waals surface area (Å²) in [5.74, 6) is -1.10. The number of carboxylic acid groups (broad SMARTS) is 1. The van der Waals surface area contributed by atoms with Crippen molar-refractivity contribution in [2.24, 2.45) is 0 Å². The van der Waals surface area contributed by atoms with Gasteiger partial charge < -0.3 is 15.3 Å². The van der Waals surface area contributed by atoms with Gasteiger partial charge in [-0.05, 0) is 18.6 Å². The Kier molecular flexibility index (Phi) is 5.82. The Morgan fingerprint density at radius 1 is 1.36 bits per heavy atom. The molecule has 0 aliphatic heterocycles. The number of aliphatic carboxylic acids is 1. The van der Waals surface area contributed by atoms with Crippen molar-refractivity contribution >= 4 is 28.8 Å². The normalized spacial score (nSPS) is 14.1. The highest BCUT2D eigenvalue weighted by Gasteiger charge is 2.40. The summed E-state index contributed by atoms with van der Waals surface area (Å²) < 4.78 is 0. The van der Waals surface area contributed by atoms with Crippen LogP contribution in [0.25, 0.3) is 11.0 Å². The second-order valence-electron chi connectivity index (χ2n) is 5.22. The van der Waals surface area contributed by atoms with Gasteiger partial charge in [0.15, 0.2) is 10.0 Å². The van der Waals surface area contributed by atoms with Crippen LogP contribution >= 0.6 is 11.8 Å². The van der Waals surface area contributed by atoms with Crippen LogP contribution < -0.4 is 5.48 Å². The van der Waals surface area contributed by atoms with Crippen molar-refractivity contribution in [1.29, 1.82) is 0 Å². The van der Waals surface area contributed by atoms with Gasteiger partial charge in [0, 0.05) is 0 Å². The van der Waals surface area contributed by atoms with Crippen LogP contribution in [0.1, 0.15) is 39.0 Å². The highest BCUT2D eigenvalue weighted by molar-refractivity contribution is 8.01. The van der Waals surface area contributed by atoms with E-state index in [2.05, 4.69) is 16.9 Å². The van der Waals surface area contributed by atoms with Gasteiger partial charge in [-0.1, -0.05) is 56.5 Å². The molecule has 0 aliphatic carbocycles. The minimum Gasteiger partial charge on any atom is -0.479 e. The Bertz CT molecular complexity index is 598. The fraction of sp³-hybridized carbons (Fsp3) is 0.467. The summed E-state index contributed by atoms with van der Waals surface area (Å²) in [5, 5.41) is 19.5.